The van der Waals surface area contributed by atoms with Gasteiger partial charge in [-0.05, 0) is 24.3 Å². The van der Waals surface area contributed by atoms with E-state index in [0.717, 1.165) is 0 Å². The normalized spacial score (nSPS) is 12.7. The molecule has 0 aliphatic heterocycles. The smallest absolute Gasteiger partial charge is 0.331 e. The minimum absolute atomic E-state index is 0.0185. The van der Waals surface area contributed by atoms with E-state index in [2.05, 4.69) is 15.0 Å². The van der Waals surface area contributed by atoms with Gasteiger partial charge < -0.3 is 15.4 Å². The van der Waals surface area contributed by atoms with Crippen molar-refractivity contribution >= 4 is 39.9 Å². The standard InChI is InChI=1S/C13H12ClN5O3S/c14-7-1-3-8(4-2-7)23(22)13-16-9-10(19(13)5-6-20)17-12(15)18-11(9)21/h1-4,20H,5-6H2,(H3,15,17,18,21). The Labute approximate surface area is 138 Å². The monoisotopic (exact) mass is 353 g/mol. The lowest BCUT2D eigenvalue weighted by molar-refractivity contribution is 0.272. The highest BCUT2D eigenvalue weighted by Gasteiger charge is 2.26. The molecule has 0 bridgehead atoms. The Bertz CT molecular complexity index is 908. The Morgan fingerprint density at radius 3 is 2.70 bits per heavy atom. The Kier molecular flexibility index (Phi) is 4.26. The van der Waals surface area contributed by atoms with Gasteiger partial charge in [0.1, 0.15) is 0 Å². The summed E-state index contributed by atoms with van der Waals surface area (Å²) >= 11 is 4.16. The van der Waals surface area contributed by atoms with Gasteiger partial charge in [-0.15, -0.1) is 0 Å². The summed E-state index contributed by atoms with van der Waals surface area (Å²) in [6, 6.07) is 6.42. The zero-order valence-corrected chi connectivity index (χ0v) is 13.3. The molecular weight excluding hydrogens is 342 g/mol. The van der Waals surface area contributed by atoms with Crippen LogP contribution in [0.5, 0.6) is 0 Å². The molecule has 4 N–H and O–H groups in total. The number of H-pyrrole nitrogens is 1. The first-order chi connectivity index (χ1) is 11.0. The molecule has 0 saturated heterocycles. The van der Waals surface area contributed by atoms with Crippen molar-refractivity contribution in [3.8, 4) is 0 Å². The number of rotatable bonds is 4. The number of hydrogen-bond donors (Lipinski definition) is 3. The summed E-state index contributed by atoms with van der Waals surface area (Å²) in [5.74, 6) is -0.0783. The summed E-state index contributed by atoms with van der Waals surface area (Å²) in [5.41, 5.74) is 5.21. The number of halogens is 1. The number of imidazole rings is 1. The number of aliphatic hydroxyl groups excluding tert-OH is 1. The topological polar surface area (TPSA) is 133 Å². The van der Waals surface area contributed by atoms with E-state index in [0.29, 0.717) is 9.92 Å². The zero-order valence-electron chi connectivity index (χ0n) is 11.7. The molecule has 0 saturated carbocycles. The van der Waals surface area contributed by atoms with Crippen LogP contribution in [0, 0.1) is 0 Å². The molecule has 2 heterocycles. The average molecular weight is 354 g/mol. The van der Waals surface area contributed by atoms with Gasteiger partial charge in [-0.25, -0.2) is 0 Å². The highest BCUT2D eigenvalue weighted by atomic mass is 35.5. The molecule has 0 spiro atoms. The third kappa shape index (κ3) is 2.91. The summed E-state index contributed by atoms with van der Waals surface area (Å²) in [6.45, 7) is -0.147. The van der Waals surface area contributed by atoms with E-state index in [1.165, 1.54) is 4.57 Å². The van der Waals surface area contributed by atoms with Gasteiger partial charge in [0.15, 0.2) is 16.1 Å². The fourth-order valence-electron chi connectivity index (χ4n) is 2.11. The van der Waals surface area contributed by atoms with Crippen molar-refractivity contribution in [2.24, 2.45) is 0 Å². The largest absolute Gasteiger partial charge is 0.604 e. The number of aromatic nitrogens is 4. The SMILES string of the molecule is Nc1nc2c(nc([S+]([O-])c3ccc(Cl)cc3)n2CCO)c(=O)[nH]1. The Morgan fingerprint density at radius 2 is 2.04 bits per heavy atom. The first kappa shape index (κ1) is 15.8. The quantitative estimate of drug-likeness (QED) is 0.585. The number of nitrogen functional groups attached to an aromatic ring is 1. The third-order valence-corrected chi connectivity index (χ3v) is 4.70. The number of nitrogens with zero attached hydrogens (tertiary/aromatic N) is 3. The predicted octanol–water partition coefficient (Wildman–Crippen LogP) is 0.514. The minimum Gasteiger partial charge on any atom is -0.604 e. The summed E-state index contributed by atoms with van der Waals surface area (Å²) in [7, 11) is 0. The fourth-order valence-corrected chi connectivity index (χ4v) is 3.39. The number of fused-ring (bicyclic) bond motifs is 1. The van der Waals surface area contributed by atoms with Gasteiger partial charge in [0, 0.05) is 5.02 Å². The van der Waals surface area contributed by atoms with Crippen molar-refractivity contribution in [2.45, 2.75) is 16.6 Å². The molecule has 120 valence electrons. The molecule has 3 aromatic rings. The van der Waals surface area contributed by atoms with Gasteiger partial charge in [-0.3, -0.25) is 14.3 Å². The first-order valence-corrected chi connectivity index (χ1v) is 8.08. The second-order valence-electron chi connectivity index (χ2n) is 4.62. The lowest BCUT2D eigenvalue weighted by atomic mass is 10.4. The predicted molar refractivity (Wildman–Crippen MR) is 85.8 cm³/mol. The van der Waals surface area contributed by atoms with Crippen LogP contribution in [0.2, 0.25) is 5.02 Å². The van der Waals surface area contributed by atoms with Crippen LogP contribution < -0.4 is 11.3 Å². The first-order valence-electron chi connectivity index (χ1n) is 6.55. The molecular formula is C13H12ClN5O3S. The van der Waals surface area contributed by atoms with Crippen LogP contribution >= 0.6 is 11.6 Å². The molecule has 0 amide bonds. The molecule has 1 atom stereocenters. The third-order valence-electron chi connectivity index (χ3n) is 3.11. The number of anilines is 1. The van der Waals surface area contributed by atoms with Crippen LogP contribution in [0.1, 0.15) is 0 Å². The molecule has 0 fully saturated rings. The zero-order chi connectivity index (χ0) is 16.6. The van der Waals surface area contributed by atoms with Crippen LogP contribution in [0.4, 0.5) is 5.95 Å². The number of nitrogens with one attached hydrogen (secondary N) is 1. The summed E-state index contributed by atoms with van der Waals surface area (Å²) in [6.07, 6.45) is 0. The Morgan fingerprint density at radius 1 is 1.35 bits per heavy atom. The molecule has 1 unspecified atom stereocenters. The van der Waals surface area contributed by atoms with Gasteiger partial charge >= 0.3 is 5.16 Å². The van der Waals surface area contributed by atoms with Crippen molar-refractivity contribution in [3.05, 3.63) is 39.6 Å². The fraction of sp³-hybridized carbons (Fsp3) is 0.154. The number of nitrogens with two attached hydrogens (primary N) is 1. The number of aliphatic hydroxyl groups is 1. The van der Waals surface area contributed by atoms with Crippen LogP contribution in [0.3, 0.4) is 0 Å². The van der Waals surface area contributed by atoms with E-state index in [1.54, 1.807) is 24.3 Å². The number of aromatic amines is 1. The van der Waals surface area contributed by atoms with E-state index in [-0.39, 0.29) is 35.4 Å². The lowest BCUT2D eigenvalue weighted by Crippen LogP contribution is -2.14. The van der Waals surface area contributed by atoms with E-state index in [4.69, 9.17) is 17.3 Å². The van der Waals surface area contributed by atoms with Gasteiger partial charge in [-0.2, -0.15) is 9.97 Å². The maximum atomic E-state index is 12.8. The van der Waals surface area contributed by atoms with Gasteiger partial charge in [-0.1, -0.05) is 11.6 Å². The van der Waals surface area contributed by atoms with Crippen LogP contribution in [-0.4, -0.2) is 35.8 Å². The van der Waals surface area contributed by atoms with Crippen molar-refractivity contribution in [1.29, 1.82) is 0 Å². The molecule has 0 aliphatic carbocycles. The second-order valence-corrected chi connectivity index (χ2v) is 6.43. The van der Waals surface area contributed by atoms with E-state index in [9.17, 15) is 14.5 Å². The van der Waals surface area contributed by atoms with Crippen molar-refractivity contribution in [1.82, 2.24) is 19.5 Å². The van der Waals surface area contributed by atoms with Gasteiger partial charge in [0.25, 0.3) is 5.56 Å². The average Bonchev–Trinajstić information content (AvgIpc) is 2.87. The van der Waals surface area contributed by atoms with E-state index < -0.39 is 16.7 Å². The molecule has 8 nitrogen and oxygen atoms in total. The maximum Gasteiger partial charge on any atom is 0.331 e. The van der Waals surface area contributed by atoms with Crippen molar-refractivity contribution in [2.75, 3.05) is 12.3 Å². The summed E-state index contributed by atoms with van der Waals surface area (Å²) in [5, 5.41) is 9.86. The van der Waals surface area contributed by atoms with Gasteiger partial charge in [0.2, 0.25) is 5.95 Å². The molecule has 10 heteroatoms. The van der Waals surface area contributed by atoms with E-state index >= 15 is 0 Å². The maximum absolute atomic E-state index is 12.8. The van der Waals surface area contributed by atoms with Crippen LogP contribution in [-0.2, 0) is 17.7 Å². The molecule has 0 aliphatic rings. The summed E-state index contributed by atoms with van der Waals surface area (Å²) in [4.78, 5) is 22.9. The number of benzene rings is 1. The highest BCUT2D eigenvalue weighted by molar-refractivity contribution is 7.91. The number of hydrogen-bond acceptors (Lipinski definition) is 6. The molecule has 23 heavy (non-hydrogen) atoms. The Balaban J connectivity index is 2.19. The minimum atomic E-state index is -1.67. The molecule has 3 rings (SSSR count). The summed E-state index contributed by atoms with van der Waals surface area (Å²) < 4.78 is 14.2. The second kappa shape index (κ2) is 6.20. The van der Waals surface area contributed by atoms with E-state index in [1.807, 2.05) is 0 Å². The Hall–Kier alpha value is -2.07. The lowest BCUT2D eigenvalue weighted by Gasteiger charge is -2.10. The molecule has 2 aromatic heterocycles. The van der Waals surface area contributed by atoms with Gasteiger partial charge in [0.05, 0.1) is 24.3 Å². The highest BCUT2D eigenvalue weighted by Crippen LogP contribution is 2.24. The van der Waals surface area contributed by atoms with Crippen molar-refractivity contribution in [3.63, 3.8) is 0 Å². The van der Waals surface area contributed by atoms with Crippen molar-refractivity contribution < 1.29 is 9.66 Å². The molecule has 0 radical (unpaired) electrons. The molecule has 1 aromatic carbocycles. The van der Waals surface area contributed by atoms with Crippen LogP contribution in [0.25, 0.3) is 11.2 Å². The van der Waals surface area contributed by atoms with Crippen LogP contribution in [0.15, 0.2) is 39.1 Å².